The maximum atomic E-state index is 5.52. The van der Waals surface area contributed by atoms with Crippen LogP contribution in [0.1, 0.15) is 10.6 Å². The number of aromatic nitrogens is 2. The first-order valence-electron chi connectivity index (χ1n) is 5.17. The lowest BCUT2D eigenvalue weighted by atomic mass is 10.3. The molecule has 0 aliphatic rings. The SMILES string of the molecule is NCc1cnc(NCCc2ccccn2)s1. The third kappa shape index (κ3) is 3.01. The number of nitrogens with one attached hydrogen (secondary N) is 1. The highest BCUT2D eigenvalue weighted by Crippen LogP contribution is 2.16. The van der Waals surface area contributed by atoms with E-state index in [4.69, 9.17) is 5.73 Å². The van der Waals surface area contributed by atoms with Crippen molar-refractivity contribution in [3.05, 3.63) is 41.2 Å². The summed E-state index contributed by atoms with van der Waals surface area (Å²) in [5, 5.41) is 4.19. The molecule has 0 saturated carbocycles. The van der Waals surface area contributed by atoms with E-state index in [9.17, 15) is 0 Å². The van der Waals surface area contributed by atoms with Crippen LogP contribution in [0.4, 0.5) is 5.13 Å². The van der Waals surface area contributed by atoms with Crippen molar-refractivity contribution in [3.8, 4) is 0 Å². The molecule has 2 heterocycles. The van der Waals surface area contributed by atoms with E-state index < -0.39 is 0 Å². The fraction of sp³-hybridized carbons (Fsp3) is 0.273. The predicted molar refractivity (Wildman–Crippen MR) is 66.4 cm³/mol. The van der Waals surface area contributed by atoms with Crippen molar-refractivity contribution in [3.63, 3.8) is 0 Å². The van der Waals surface area contributed by atoms with Crippen LogP contribution < -0.4 is 11.1 Å². The van der Waals surface area contributed by atoms with E-state index in [2.05, 4.69) is 15.3 Å². The second kappa shape index (κ2) is 5.58. The van der Waals surface area contributed by atoms with Crippen LogP contribution in [-0.2, 0) is 13.0 Å². The minimum Gasteiger partial charge on any atom is -0.361 e. The molecule has 0 fully saturated rings. The molecule has 3 N–H and O–H groups in total. The zero-order valence-electron chi connectivity index (χ0n) is 8.89. The number of pyridine rings is 1. The van der Waals surface area contributed by atoms with Crippen LogP contribution in [0.3, 0.4) is 0 Å². The summed E-state index contributed by atoms with van der Waals surface area (Å²) < 4.78 is 0. The number of thiazole rings is 1. The van der Waals surface area contributed by atoms with Crippen molar-refractivity contribution in [1.82, 2.24) is 9.97 Å². The first-order chi connectivity index (χ1) is 7.88. The molecule has 0 bridgehead atoms. The summed E-state index contributed by atoms with van der Waals surface area (Å²) in [5.41, 5.74) is 6.60. The highest BCUT2D eigenvalue weighted by molar-refractivity contribution is 7.15. The maximum absolute atomic E-state index is 5.52. The summed E-state index contributed by atoms with van der Waals surface area (Å²) in [6.45, 7) is 1.40. The van der Waals surface area contributed by atoms with Crippen LogP contribution in [0.5, 0.6) is 0 Å². The van der Waals surface area contributed by atoms with E-state index in [0.29, 0.717) is 6.54 Å². The van der Waals surface area contributed by atoms with Gasteiger partial charge in [0.25, 0.3) is 0 Å². The number of hydrogen-bond acceptors (Lipinski definition) is 5. The van der Waals surface area contributed by atoms with Gasteiger partial charge in [0.1, 0.15) is 0 Å². The van der Waals surface area contributed by atoms with E-state index in [1.165, 1.54) is 0 Å². The molecule has 84 valence electrons. The van der Waals surface area contributed by atoms with Crippen LogP contribution in [0, 0.1) is 0 Å². The fourth-order valence-electron chi connectivity index (χ4n) is 1.33. The van der Waals surface area contributed by atoms with Crippen LogP contribution in [0.25, 0.3) is 0 Å². The molecule has 0 aliphatic heterocycles. The fourth-order valence-corrected chi connectivity index (χ4v) is 2.04. The molecule has 0 radical (unpaired) electrons. The van der Waals surface area contributed by atoms with Crippen molar-refractivity contribution in [2.45, 2.75) is 13.0 Å². The van der Waals surface area contributed by atoms with Gasteiger partial charge in [-0.05, 0) is 12.1 Å². The second-order valence-electron chi connectivity index (χ2n) is 3.33. The Labute approximate surface area is 98.6 Å². The highest BCUT2D eigenvalue weighted by atomic mass is 32.1. The van der Waals surface area contributed by atoms with Gasteiger partial charge in [-0.2, -0.15) is 0 Å². The number of anilines is 1. The highest BCUT2D eigenvalue weighted by Gasteiger charge is 1.99. The van der Waals surface area contributed by atoms with Crippen LogP contribution in [0.2, 0.25) is 0 Å². The number of nitrogens with zero attached hydrogens (tertiary/aromatic N) is 2. The summed E-state index contributed by atoms with van der Waals surface area (Å²) >= 11 is 1.60. The minimum atomic E-state index is 0.555. The Balaban J connectivity index is 1.80. The lowest BCUT2D eigenvalue weighted by Gasteiger charge is -2.01. The third-order valence-electron chi connectivity index (χ3n) is 2.14. The molecule has 0 atom stereocenters. The minimum absolute atomic E-state index is 0.555. The summed E-state index contributed by atoms with van der Waals surface area (Å²) in [6.07, 6.45) is 4.53. The quantitative estimate of drug-likeness (QED) is 0.825. The molecule has 2 aromatic rings. The van der Waals surface area contributed by atoms with E-state index in [1.54, 1.807) is 11.3 Å². The first-order valence-corrected chi connectivity index (χ1v) is 5.98. The first kappa shape index (κ1) is 11.0. The average Bonchev–Trinajstić information content (AvgIpc) is 2.78. The Morgan fingerprint density at radius 3 is 2.94 bits per heavy atom. The lowest BCUT2D eigenvalue weighted by molar-refractivity contribution is 0.959. The van der Waals surface area contributed by atoms with Gasteiger partial charge >= 0.3 is 0 Å². The topological polar surface area (TPSA) is 63.8 Å². The molecule has 0 saturated heterocycles. The Hall–Kier alpha value is -1.46. The van der Waals surface area contributed by atoms with E-state index in [-0.39, 0.29) is 0 Å². The zero-order valence-corrected chi connectivity index (χ0v) is 9.70. The van der Waals surface area contributed by atoms with Crippen molar-refractivity contribution in [1.29, 1.82) is 0 Å². The summed E-state index contributed by atoms with van der Waals surface area (Å²) in [7, 11) is 0. The standard InChI is InChI=1S/C11H14N4S/c12-7-10-8-15-11(16-10)14-6-4-9-3-1-2-5-13-9/h1-3,5,8H,4,6-7,12H2,(H,14,15). The Bertz CT molecular complexity index is 427. The molecule has 0 amide bonds. The summed E-state index contributed by atoms with van der Waals surface area (Å²) in [5.74, 6) is 0. The lowest BCUT2D eigenvalue weighted by Crippen LogP contribution is -2.05. The van der Waals surface area contributed by atoms with Gasteiger partial charge in [-0.3, -0.25) is 4.98 Å². The van der Waals surface area contributed by atoms with Gasteiger partial charge < -0.3 is 11.1 Å². The molecule has 4 nitrogen and oxygen atoms in total. The van der Waals surface area contributed by atoms with E-state index in [1.807, 2.05) is 30.6 Å². The average molecular weight is 234 g/mol. The Morgan fingerprint density at radius 2 is 2.25 bits per heavy atom. The number of nitrogens with two attached hydrogens (primary N) is 1. The summed E-state index contributed by atoms with van der Waals surface area (Å²) in [4.78, 5) is 9.58. The molecule has 2 rings (SSSR count). The van der Waals surface area contributed by atoms with Gasteiger partial charge in [-0.15, -0.1) is 11.3 Å². The molecule has 2 aromatic heterocycles. The molecule has 0 aliphatic carbocycles. The normalized spacial score (nSPS) is 10.3. The van der Waals surface area contributed by atoms with Gasteiger partial charge in [0.2, 0.25) is 0 Å². The molecule has 0 aromatic carbocycles. The van der Waals surface area contributed by atoms with E-state index >= 15 is 0 Å². The van der Waals surface area contributed by atoms with Crippen molar-refractivity contribution >= 4 is 16.5 Å². The molecular formula is C11H14N4S. The number of rotatable bonds is 5. The maximum Gasteiger partial charge on any atom is 0.182 e. The van der Waals surface area contributed by atoms with Crippen LogP contribution in [-0.4, -0.2) is 16.5 Å². The van der Waals surface area contributed by atoms with Gasteiger partial charge in [-0.1, -0.05) is 6.07 Å². The largest absolute Gasteiger partial charge is 0.361 e. The van der Waals surface area contributed by atoms with E-state index in [0.717, 1.165) is 28.7 Å². The van der Waals surface area contributed by atoms with Crippen molar-refractivity contribution < 1.29 is 0 Å². The molecule has 5 heteroatoms. The third-order valence-corrected chi connectivity index (χ3v) is 3.12. The van der Waals surface area contributed by atoms with Crippen LogP contribution >= 0.6 is 11.3 Å². The Kier molecular flexibility index (Phi) is 3.85. The number of hydrogen-bond donors (Lipinski definition) is 2. The monoisotopic (exact) mass is 234 g/mol. The van der Waals surface area contributed by atoms with Gasteiger partial charge in [0.05, 0.1) is 0 Å². The van der Waals surface area contributed by atoms with Gasteiger partial charge in [0.15, 0.2) is 5.13 Å². The summed E-state index contributed by atoms with van der Waals surface area (Å²) in [6, 6.07) is 5.94. The van der Waals surface area contributed by atoms with Crippen molar-refractivity contribution in [2.75, 3.05) is 11.9 Å². The second-order valence-corrected chi connectivity index (χ2v) is 4.45. The molecule has 0 unspecified atom stereocenters. The molecular weight excluding hydrogens is 220 g/mol. The smallest absolute Gasteiger partial charge is 0.182 e. The zero-order chi connectivity index (χ0) is 11.2. The van der Waals surface area contributed by atoms with Crippen molar-refractivity contribution in [2.24, 2.45) is 5.73 Å². The predicted octanol–water partition coefficient (Wildman–Crippen LogP) is 1.65. The molecule has 0 spiro atoms. The van der Waals surface area contributed by atoms with Gasteiger partial charge in [0, 0.05) is 42.5 Å². The molecule has 16 heavy (non-hydrogen) atoms. The van der Waals surface area contributed by atoms with Crippen LogP contribution in [0.15, 0.2) is 30.6 Å². The van der Waals surface area contributed by atoms with Gasteiger partial charge in [-0.25, -0.2) is 4.98 Å². The Morgan fingerprint density at radius 1 is 1.31 bits per heavy atom.